The minimum atomic E-state index is -0.630. The molecular weight excluding hydrogens is 196 g/mol. The van der Waals surface area contributed by atoms with Gasteiger partial charge in [-0.3, -0.25) is 4.79 Å². The highest BCUT2D eigenvalue weighted by Crippen LogP contribution is 2.09. The second-order valence-corrected chi connectivity index (χ2v) is 4.39. The number of carbonyl (C=O) groups is 2. The number of carbonyl (C=O) groups excluding carboxylic acids is 2. The first kappa shape index (κ1) is 13.9. The monoisotopic (exact) mass is 216 g/mol. The van der Waals surface area contributed by atoms with Gasteiger partial charge in [0.05, 0.1) is 6.04 Å². The second-order valence-electron chi connectivity index (χ2n) is 4.39. The summed E-state index contributed by atoms with van der Waals surface area (Å²) in [6, 6.07) is -0.400. The lowest BCUT2D eigenvalue weighted by Crippen LogP contribution is -2.46. The lowest BCUT2D eigenvalue weighted by Gasteiger charge is -2.25. The van der Waals surface area contributed by atoms with Crippen molar-refractivity contribution < 1.29 is 14.3 Å². The highest BCUT2D eigenvalue weighted by Gasteiger charge is 2.26. The van der Waals surface area contributed by atoms with Gasteiger partial charge in [0.2, 0.25) is 5.91 Å². The van der Waals surface area contributed by atoms with Crippen LogP contribution in [0.5, 0.6) is 0 Å². The minimum absolute atomic E-state index is 0.313. The summed E-state index contributed by atoms with van der Waals surface area (Å²) in [6.45, 7) is 6.95. The quantitative estimate of drug-likeness (QED) is 0.747. The molecule has 88 valence electrons. The Balaban J connectivity index is 4.39. The first-order valence-corrected chi connectivity index (χ1v) is 4.87. The van der Waals surface area contributed by atoms with Crippen LogP contribution in [0.2, 0.25) is 0 Å². The van der Waals surface area contributed by atoms with E-state index < -0.39 is 17.7 Å². The number of nitrogens with one attached hydrogen (secondary N) is 1. The van der Waals surface area contributed by atoms with E-state index in [1.807, 2.05) is 0 Å². The summed E-state index contributed by atoms with van der Waals surface area (Å²) >= 11 is 0. The Morgan fingerprint density at radius 2 is 1.80 bits per heavy atom. The van der Waals surface area contributed by atoms with Crippen LogP contribution in [-0.2, 0) is 9.53 Å². The van der Waals surface area contributed by atoms with Crippen LogP contribution in [0, 0.1) is 0 Å². The smallest absolute Gasteiger partial charge is 0.416 e. The lowest BCUT2D eigenvalue weighted by molar-refractivity contribution is -0.130. The Morgan fingerprint density at radius 3 is 2.13 bits per heavy atom. The van der Waals surface area contributed by atoms with Gasteiger partial charge in [0.1, 0.15) is 5.60 Å². The number of likely N-dealkylation sites (N-methyl/N-ethyl adjacent to an activating group) is 2. The molecule has 0 spiro atoms. The van der Waals surface area contributed by atoms with Crippen molar-refractivity contribution in [1.29, 1.82) is 0 Å². The maximum absolute atomic E-state index is 11.6. The number of hydrogen-bond donors (Lipinski definition) is 1. The van der Waals surface area contributed by atoms with Gasteiger partial charge in [0.15, 0.2) is 0 Å². The van der Waals surface area contributed by atoms with Crippen LogP contribution in [0.25, 0.3) is 0 Å². The summed E-state index contributed by atoms with van der Waals surface area (Å²) in [6.07, 6.45) is -0.630. The molecule has 0 fully saturated rings. The number of nitrogens with zero attached hydrogens (tertiary/aromatic N) is 1. The van der Waals surface area contributed by atoms with Gasteiger partial charge in [-0.05, 0) is 34.7 Å². The van der Waals surface area contributed by atoms with Gasteiger partial charge in [-0.15, -0.1) is 0 Å². The second kappa shape index (κ2) is 5.11. The van der Waals surface area contributed by atoms with Gasteiger partial charge in [-0.1, -0.05) is 0 Å². The molecule has 0 rings (SSSR count). The fourth-order valence-electron chi connectivity index (χ4n) is 0.834. The van der Waals surface area contributed by atoms with Crippen LogP contribution < -0.4 is 5.32 Å². The number of hydrogen-bond acceptors (Lipinski definition) is 4. The molecule has 2 amide bonds. The normalized spacial score (nSPS) is 13.2. The molecule has 0 saturated carbocycles. The number of rotatable bonds is 2. The van der Waals surface area contributed by atoms with E-state index in [1.165, 1.54) is 7.05 Å². The molecule has 1 unspecified atom stereocenters. The van der Waals surface area contributed by atoms with E-state index in [0.29, 0.717) is 0 Å². The lowest BCUT2D eigenvalue weighted by atomic mass is 10.2. The van der Waals surface area contributed by atoms with Gasteiger partial charge in [-0.25, -0.2) is 9.69 Å². The third kappa shape index (κ3) is 4.78. The average molecular weight is 216 g/mol. The zero-order chi connectivity index (χ0) is 12.2. The number of imide groups is 1. The molecule has 0 aromatic carbocycles. The molecule has 0 saturated heterocycles. The van der Waals surface area contributed by atoms with Crippen LogP contribution in [-0.4, -0.2) is 42.6 Å². The van der Waals surface area contributed by atoms with E-state index >= 15 is 0 Å². The van der Waals surface area contributed by atoms with Gasteiger partial charge < -0.3 is 10.1 Å². The van der Waals surface area contributed by atoms with Crippen molar-refractivity contribution in [1.82, 2.24) is 10.2 Å². The Hall–Kier alpha value is -1.10. The summed E-state index contributed by atoms with van der Waals surface area (Å²) in [5.74, 6) is -0.313. The Bertz CT molecular complexity index is 246. The topological polar surface area (TPSA) is 58.6 Å². The zero-order valence-electron chi connectivity index (χ0n) is 10.2. The van der Waals surface area contributed by atoms with E-state index in [1.54, 1.807) is 34.7 Å². The van der Waals surface area contributed by atoms with Crippen LogP contribution in [0.3, 0.4) is 0 Å². The Kier molecular flexibility index (Phi) is 4.74. The van der Waals surface area contributed by atoms with Gasteiger partial charge in [0.25, 0.3) is 0 Å². The summed E-state index contributed by atoms with van der Waals surface area (Å²) in [4.78, 5) is 24.0. The summed E-state index contributed by atoms with van der Waals surface area (Å²) in [5, 5.41) is 2.76. The Labute approximate surface area is 90.8 Å². The summed E-state index contributed by atoms with van der Waals surface area (Å²) < 4.78 is 5.05. The molecule has 0 aliphatic carbocycles. The average Bonchev–Trinajstić information content (AvgIpc) is 2.11. The maximum Gasteiger partial charge on any atom is 0.416 e. The molecule has 0 radical (unpaired) electrons. The highest BCUT2D eigenvalue weighted by atomic mass is 16.6. The van der Waals surface area contributed by atoms with Crippen LogP contribution in [0.1, 0.15) is 27.7 Å². The molecule has 0 bridgehead atoms. The molecule has 5 heteroatoms. The third-order valence-electron chi connectivity index (χ3n) is 1.80. The molecule has 5 nitrogen and oxygen atoms in total. The van der Waals surface area contributed by atoms with Gasteiger partial charge >= 0.3 is 6.09 Å². The highest BCUT2D eigenvalue weighted by molar-refractivity contribution is 5.94. The molecule has 0 aromatic rings. The first-order valence-electron chi connectivity index (χ1n) is 4.87. The van der Waals surface area contributed by atoms with Crippen molar-refractivity contribution in [2.24, 2.45) is 0 Å². The number of amides is 2. The van der Waals surface area contributed by atoms with E-state index in [4.69, 9.17) is 4.74 Å². The molecule has 1 N–H and O–H groups in total. The van der Waals surface area contributed by atoms with E-state index in [9.17, 15) is 9.59 Å². The van der Waals surface area contributed by atoms with Crippen molar-refractivity contribution in [2.45, 2.75) is 39.3 Å². The van der Waals surface area contributed by atoms with E-state index in [2.05, 4.69) is 5.32 Å². The third-order valence-corrected chi connectivity index (χ3v) is 1.80. The molecule has 0 aliphatic rings. The van der Waals surface area contributed by atoms with Crippen molar-refractivity contribution in [2.75, 3.05) is 14.1 Å². The molecule has 15 heavy (non-hydrogen) atoms. The zero-order valence-corrected chi connectivity index (χ0v) is 10.2. The number of ether oxygens (including phenoxy) is 1. The summed E-state index contributed by atoms with van der Waals surface area (Å²) in [5.41, 5.74) is -0.589. The van der Waals surface area contributed by atoms with Crippen molar-refractivity contribution >= 4 is 12.0 Å². The van der Waals surface area contributed by atoms with Crippen LogP contribution in [0.15, 0.2) is 0 Å². The molecule has 0 aromatic heterocycles. The molecular formula is C10H20N2O3. The molecule has 1 atom stereocenters. The predicted molar refractivity (Wildman–Crippen MR) is 57.5 cm³/mol. The molecule has 0 heterocycles. The summed E-state index contributed by atoms with van der Waals surface area (Å²) in [7, 11) is 3.07. The minimum Gasteiger partial charge on any atom is -0.443 e. The van der Waals surface area contributed by atoms with Crippen molar-refractivity contribution in [3.8, 4) is 0 Å². The van der Waals surface area contributed by atoms with E-state index in [-0.39, 0.29) is 5.91 Å². The van der Waals surface area contributed by atoms with Crippen molar-refractivity contribution in [3.63, 3.8) is 0 Å². The fourth-order valence-corrected chi connectivity index (χ4v) is 0.834. The van der Waals surface area contributed by atoms with Gasteiger partial charge in [-0.2, -0.15) is 0 Å². The first-order chi connectivity index (χ1) is 6.69. The van der Waals surface area contributed by atoms with Crippen molar-refractivity contribution in [3.05, 3.63) is 0 Å². The maximum atomic E-state index is 11.6. The predicted octanol–water partition coefficient (Wildman–Crippen LogP) is 0.988. The SMILES string of the molecule is CNC(C)C(=O)N(C)C(=O)OC(C)(C)C. The fraction of sp³-hybridized carbons (Fsp3) is 0.800. The molecule has 0 aliphatic heterocycles. The standard InChI is InChI=1S/C10H20N2O3/c1-7(11-5)8(13)12(6)9(14)15-10(2,3)4/h7,11H,1-6H3. The van der Waals surface area contributed by atoms with E-state index in [0.717, 1.165) is 4.90 Å². The van der Waals surface area contributed by atoms with Gasteiger partial charge in [0, 0.05) is 7.05 Å². The Morgan fingerprint density at radius 1 is 1.33 bits per heavy atom. The van der Waals surface area contributed by atoms with Crippen LogP contribution in [0.4, 0.5) is 4.79 Å². The van der Waals surface area contributed by atoms with Crippen LogP contribution >= 0.6 is 0 Å². The largest absolute Gasteiger partial charge is 0.443 e.